The van der Waals surface area contributed by atoms with Crippen LogP contribution in [0.2, 0.25) is 0 Å². The number of thiophene rings is 1. The molecule has 0 unspecified atom stereocenters. The molecule has 5 nitrogen and oxygen atoms in total. The molecule has 0 spiro atoms. The Kier molecular flexibility index (Phi) is 5.00. The standard InChI is InChI=1S/C24H20N2O3S2/c27-24(23-6-3-13-30-23)26-12-11-18-7-9-21(14-20(18)16-26)25-31(28,29)22-10-8-17-4-1-2-5-19(17)15-22/h1-10,13-15,25H,11-12,16H2. The SMILES string of the molecule is O=C(c1cccs1)N1CCc2ccc(NS(=O)(=O)c3ccc4ccccc4c3)cc2C1. The number of sulfonamides is 1. The fraction of sp³-hybridized carbons (Fsp3) is 0.125. The predicted molar refractivity (Wildman–Crippen MR) is 124 cm³/mol. The summed E-state index contributed by atoms with van der Waals surface area (Å²) >= 11 is 1.43. The summed E-state index contributed by atoms with van der Waals surface area (Å²) in [5.74, 6) is 0.0165. The molecular formula is C24H20N2O3S2. The van der Waals surface area contributed by atoms with E-state index in [2.05, 4.69) is 4.72 Å². The van der Waals surface area contributed by atoms with Crippen molar-refractivity contribution in [1.29, 1.82) is 0 Å². The van der Waals surface area contributed by atoms with Gasteiger partial charge in [-0.25, -0.2) is 8.42 Å². The molecule has 1 aromatic heterocycles. The van der Waals surface area contributed by atoms with E-state index < -0.39 is 10.0 Å². The summed E-state index contributed by atoms with van der Waals surface area (Å²) in [6.07, 6.45) is 0.754. The van der Waals surface area contributed by atoms with Gasteiger partial charge in [-0.3, -0.25) is 9.52 Å². The van der Waals surface area contributed by atoms with Gasteiger partial charge in [0.2, 0.25) is 0 Å². The van der Waals surface area contributed by atoms with Crippen molar-refractivity contribution in [2.24, 2.45) is 0 Å². The first-order valence-corrected chi connectivity index (χ1v) is 12.3. The molecule has 0 saturated heterocycles. The molecular weight excluding hydrogens is 428 g/mol. The van der Waals surface area contributed by atoms with Crippen molar-refractivity contribution in [3.8, 4) is 0 Å². The number of hydrogen-bond donors (Lipinski definition) is 1. The van der Waals surface area contributed by atoms with Gasteiger partial charge in [-0.05, 0) is 64.0 Å². The van der Waals surface area contributed by atoms with Gasteiger partial charge in [0.15, 0.2) is 0 Å². The molecule has 0 aliphatic carbocycles. The monoisotopic (exact) mass is 448 g/mol. The summed E-state index contributed by atoms with van der Waals surface area (Å²) < 4.78 is 28.6. The van der Waals surface area contributed by atoms with E-state index in [1.807, 2.05) is 64.9 Å². The van der Waals surface area contributed by atoms with E-state index in [9.17, 15) is 13.2 Å². The molecule has 1 aliphatic heterocycles. The van der Waals surface area contributed by atoms with E-state index >= 15 is 0 Å². The van der Waals surface area contributed by atoms with Crippen LogP contribution in [0.15, 0.2) is 83.1 Å². The van der Waals surface area contributed by atoms with Gasteiger partial charge in [-0.1, -0.05) is 42.5 Å². The maximum atomic E-state index is 13.0. The second-order valence-electron chi connectivity index (χ2n) is 7.55. The first kappa shape index (κ1) is 19.8. The van der Waals surface area contributed by atoms with Crippen LogP contribution >= 0.6 is 11.3 Å². The Morgan fingerprint density at radius 1 is 0.903 bits per heavy atom. The number of nitrogens with one attached hydrogen (secondary N) is 1. The third-order valence-electron chi connectivity index (χ3n) is 5.52. The number of rotatable bonds is 4. The van der Waals surface area contributed by atoms with E-state index in [0.29, 0.717) is 18.8 Å². The van der Waals surface area contributed by atoms with Gasteiger partial charge in [-0.2, -0.15) is 0 Å². The normalized spacial score (nSPS) is 13.7. The van der Waals surface area contributed by atoms with Crippen LogP contribution in [0.5, 0.6) is 0 Å². The minimum atomic E-state index is -3.73. The highest BCUT2D eigenvalue weighted by Gasteiger charge is 2.23. The van der Waals surface area contributed by atoms with Crippen molar-refractivity contribution < 1.29 is 13.2 Å². The minimum Gasteiger partial charge on any atom is -0.333 e. The summed E-state index contributed by atoms with van der Waals surface area (Å²) in [6.45, 7) is 1.13. The zero-order chi connectivity index (χ0) is 21.4. The summed E-state index contributed by atoms with van der Waals surface area (Å²) in [5.41, 5.74) is 2.61. The summed E-state index contributed by atoms with van der Waals surface area (Å²) in [6, 6.07) is 22.0. The fourth-order valence-electron chi connectivity index (χ4n) is 3.90. The van der Waals surface area contributed by atoms with Crippen LogP contribution in [-0.4, -0.2) is 25.8 Å². The average Bonchev–Trinajstić information content (AvgIpc) is 3.32. The highest BCUT2D eigenvalue weighted by molar-refractivity contribution is 7.92. The quantitative estimate of drug-likeness (QED) is 0.483. The summed E-state index contributed by atoms with van der Waals surface area (Å²) in [5, 5.41) is 3.76. The van der Waals surface area contributed by atoms with Gasteiger partial charge in [0, 0.05) is 18.8 Å². The molecule has 5 rings (SSSR count). The fourth-order valence-corrected chi connectivity index (χ4v) is 5.67. The molecule has 0 bridgehead atoms. The van der Waals surface area contributed by atoms with Crippen LogP contribution in [0.3, 0.4) is 0 Å². The van der Waals surface area contributed by atoms with Gasteiger partial charge >= 0.3 is 0 Å². The molecule has 1 amide bonds. The molecule has 7 heteroatoms. The smallest absolute Gasteiger partial charge is 0.264 e. The van der Waals surface area contributed by atoms with Crippen LogP contribution < -0.4 is 4.72 Å². The first-order chi connectivity index (χ1) is 15.0. The highest BCUT2D eigenvalue weighted by atomic mass is 32.2. The van der Waals surface area contributed by atoms with Crippen LogP contribution in [0.25, 0.3) is 10.8 Å². The van der Waals surface area contributed by atoms with Crippen LogP contribution in [0, 0.1) is 0 Å². The Balaban J connectivity index is 1.39. The van der Waals surface area contributed by atoms with Crippen LogP contribution in [0.1, 0.15) is 20.8 Å². The van der Waals surface area contributed by atoms with Gasteiger partial charge < -0.3 is 4.90 Å². The minimum absolute atomic E-state index is 0.0165. The van der Waals surface area contributed by atoms with Crippen molar-refractivity contribution in [2.75, 3.05) is 11.3 Å². The number of hydrogen-bond acceptors (Lipinski definition) is 4. The number of fused-ring (bicyclic) bond motifs is 2. The van der Waals surface area contributed by atoms with Crippen molar-refractivity contribution in [3.63, 3.8) is 0 Å². The van der Waals surface area contributed by atoms with Crippen molar-refractivity contribution in [2.45, 2.75) is 17.9 Å². The lowest BCUT2D eigenvalue weighted by atomic mass is 9.99. The van der Waals surface area contributed by atoms with E-state index in [1.165, 1.54) is 11.3 Å². The number of carbonyl (C=O) groups excluding carboxylic acids is 1. The second-order valence-corrected chi connectivity index (χ2v) is 10.2. The highest BCUT2D eigenvalue weighted by Crippen LogP contribution is 2.27. The number of benzene rings is 3. The van der Waals surface area contributed by atoms with Gasteiger partial charge in [-0.15, -0.1) is 11.3 Å². The second kappa shape index (κ2) is 7.83. The number of amides is 1. The lowest BCUT2D eigenvalue weighted by Crippen LogP contribution is -2.35. The maximum Gasteiger partial charge on any atom is 0.264 e. The Labute approximate surface area is 185 Å². The molecule has 1 aliphatic rings. The number of anilines is 1. The molecule has 1 N–H and O–H groups in total. The van der Waals surface area contributed by atoms with Gasteiger partial charge in [0.25, 0.3) is 15.9 Å². The van der Waals surface area contributed by atoms with E-state index in [4.69, 9.17) is 0 Å². The van der Waals surface area contributed by atoms with Crippen molar-refractivity contribution in [1.82, 2.24) is 4.90 Å². The molecule has 0 saturated carbocycles. The Morgan fingerprint density at radius 2 is 1.74 bits per heavy atom. The van der Waals surface area contributed by atoms with Crippen LogP contribution in [-0.2, 0) is 23.0 Å². The van der Waals surface area contributed by atoms with Crippen molar-refractivity contribution >= 4 is 43.7 Å². The largest absolute Gasteiger partial charge is 0.333 e. The van der Waals surface area contributed by atoms with E-state index in [-0.39, 0.29) is 10.8 Å². The molecule has 2 heterocycles. The molecule has 0 fully saturated rings. The van der Waals surface area contributed by atoms with Gasteiger partial charge in [0.05, 0.1) is 9.77 Å². The predicted octanol–water partition coefficient (Wildman–Crippen LogP) is 4.90. The topological polar surface area (TPSA) is 66.5 Å². The average molecular weight is 449 g/mol. The lowest BCUT2D eigenvalue weighted by Gasteiger charge is -2.29. The van der Waals surface area contributed by atoms with Crippen molar-refractivity contribution in [3.05, 3.63) is 94.2 Å². The Bertz CT molecular complexity index is 1380. The summed E-state index contributed by atoms with van der Waals surface area (Å²) in [7, 11) is -3.73. The molecule has 3 aromatic carbocycles. The number of nitrogens with zero attached hydrogens (tertiary/aromatic N) is 1. The maximum absolute atomic E-state index is 13.0. The summed E-state index contributed by atoms with van der Waals surface area (Å²) in [4.78, 5) is 15.5. The zero-order valence-corrected chi connectivity index (χ0v) is 18.2. The lowest BCUT2D eigenvalue weighted by molar-refractivity contribution is 0.0739. The Hall–Kier alpha value is -3.16. The molecule has 4 aromatic rings. The number of carbonyl (C=O) groups is 1. The molecule has 156 valence electrons. The third kappa shape index (κ3) is 3.94. The van der Waals surface area contributed by atoms with Crippen LogP contribution in [0.4, 0.5) is 5.69 Å². The first-order valence-electron chi connectivity index (χ1n) is 9.96. The molecule has 0 radical (unpaired) electrons. The molecule has 0 atom stereocenters. The van der Waals surface area contributed by atoms with Gasteiger partial charge in [0.1, 0.15) is 0 Å². The zero-order valence-electron chi connectivity index (χ0n) is 16.6. The third-order valence-corrected chi connectivity index (χ3v) is 7.76. The van der Waals surface area contributed by atoms with E-state index in [1.54, 1.807) is 18.2 Å². The Morgan fingerprint density at radius 3 is 2.55 bits per heavy atom. The molecule has 31 heavy (non-hydrogen) atoms. The van der Waals surface area contributed by atoms with E-state index in [0.717, 1.165) is 33.2 Å².